The van der Waals surface area contributed by atoms with Crippen LogP contribution in [0.5, 0.6) is 0 Å². The minimum atomic E-state index is -4.49. The highest BCUT2D eigenvalue weighted by atomic mass is 19.4. The molecule has 118 valence electrons. The molecule has 1 heterocycles. The van der Waals surface area contributed by atoms with Crippen molar-refractivity contribution in [3.8, 4) is 0 Å². The monoisotopic (exact) mass is 306 g/mol. The van der Waals surface area contributed by atoms with Crippen LogP contribution in [-0.4, -0.2) is 54.0 Å². The van der Waals surface area contributed by atoms with E-state index in [2.05, 4.69) is 20.7 Å². The van der Waals surface area contributed by atoms with Crippen LogP contribution in [0.2, 0.25) is 0 Å². The smallest absolute Gasteiger partial charge is 0.351 e. The number of alkyl halides is 3. The van der Waals surface area contributed by atoms with Gasteiger partial charge in [0.15, 0.2) is 0 Å². The molecule has 0 aliphatic rings. The van der Waals surface area contributed by atoms with Crippen LogP contribution < -0.4 is 15.5 Å². The number of anilines is 2. The number of allylic oxidation sites excluding steroid dienone is 1. The molecule has 21 heavy (non-hydrogen) atoms. The van der Waals surface area contributed by atoms with Gasteiger partial charge < -0.3 is 15.5 Å². The number of aromatic nitrogens is 3. The van der Waals surface area contributed by atoms with Gasteiger partial charge in [0.25, 0.3) is 0 Å². The Hall–Kier alpha value is -2.26. The number of amides is 1. The molecule has 1 amide bonds. The first-order chi connectivity index (χ1) is 9.69. The van der Waals surface area contributed by atoms with Crippen molar-refractivity contribution in [3.05, 3.63) is 12.2 Å². The average molecular weight is 306 g/mol. The van der Waals surface area contributed by atoms with E-state index in [0.717, 1.165) is 0 Å². The van der Waals surface area contributed by atoms with E-state index < -0.39 is 12.1 Å². The largest absolute Gasteiger partial charge is 0.409 e. The Bertz CT molecular complexity index is 509. The summed E-state index contributed by atoms with van der Waals surface area (Å²) in [7, 11) is 5.37. The first-order valence-corrected chi connectivity index (χ1v) is 6.05. The molecule has 0 aliphatic carbocycles. The van der Waals surface area contributed by atoms with Crippen LogP contribution in [0.4, 0.5) is 25.1 Å². The normalized spacial score (nSPS) is 11.7. The number of rotatable bonds is 6. The zero-order valence-electron chi connectivity index (χ0n) is 11.9. The maximum atomic E-state index is 11.8. The number of hydrogen-bond donors (Lipinski definition) is 2. The fourth-order valence-electron chi connectivity index (χ4n) is 1.43. The van der Waals surface area contributed by atoms with Crippen LogP contribution in [-0.2, 0) is 11.8 Å². The molecule has 0 aromatic carbocycles. The maximum Gasteiger partial charge on any atom is 0.409 e. The predicted molar refractivity (Wildman–Crippen MR) is 72.0 cm³/mol. The Morgan fingerprint density at radius 3 is 2.57 bits per heavy atom. The molecule has 10 heteroatoms. The number of aryl methyl sites for hydroxylation is 1. The summed E-state index contributed by atoms with van der Waals surface area (Å²) in [6.45, 7) is 0.444. The highest BCUT2D eigenvalue weighted by Crippen LogP contribution is 2.15. The summed E-state index contributed by atoms with van der Waals surface area (Å²) < 4.78 is 37.1. The van der Waals surface area contributed by atoms with Crippen LogP contribution in [0.1, 0.15) is 0 Å². The number of nitrogens with zero attached hydrogens (tertiary/aromatic N) is 4. The number of nitrogens with one attached hydrogen (secondary N) is 2. The summed E-state index contributed by atoms with van der Waals surface area (Å²) in [5.41, 5.74) is 0. The standard InChI is InChI=1S/C11H17F3N6O/c1-19(2)10-17-9(18-20(10)3)16-7-6-15-8(21)4-5-11(12,13)14/h4-5H,6-7H2,1-3H3,(H,15,21)(H,16,18). The lowest BCUT2D eigenvalue weighted by atomic mass is 10.4. The van der Waals surface area contributed by atoms with Gasteiger partial charge in [-0.2, -0.15) is 18.2 Å². The number of hydrogen-bond acceptors (Lipinski definition) is 5. The Balaban J connectivity index is 2.33. The predicted octanol–water partition coefficient (Wildman–Crippen LogP) is 0.528. The fraction of sp³-hybridized carbons (Fsp3) is 0.545. The van der Waals surface area contributed by atoms with Crippen molar-refractivity contribution in [2.24, 2.45) is 7.05 Å². The van der Waals surface area contributed by atoms with Crippen molar-refractivity contribution in [2.75, 3.05) is 37.4 Å². The molecular weight excluding hydrogens is 289 g/mol. The molecule has 0 radical (unpaired) electrons. The van der Waals surface area contributed by atoms with E-state index in [-0.39, 0.29) is 12.6 Å². The molecule has 2 N–H and O–H groups in total. The number of carbonyl (C=O) groups is 1. The molecule has 0 aliphatic heterocycles. The quantitative estimate of drug-likeness (QED) is 0.592. The van der Waals surface area contributed by atoms with Gasteiger partial charge in [0, 0.05) is 46.4 Å². The third-order valence-electron chi connectivity index (χ3n) is 2.27. The fourth-order valence-corrected chi connectivity index (χ4v) is 1.43. The van der Waals surface area contributed by atoms with Gasteiger partial charge >= 0.3 is 6.18 Å². The Morgan fingerprint density at radius 2 is 2.05 bits per heavy atom. The molecule has 0 fully saturated rings. The van der Waals surface area contributed by atoms with Crippen LogP contribution in [0.15, 0.2) is 12.2 Å². The van der Waals surface area contributed by atoms with E-state index in [1.165, 1.54) is 0 Å². The molecule has 7 nitrogen and oxygen atoms in total. The Kier molecular flexibility index (Phi) is 5.56. The molecule has 0 saturated heterocycles. The number of halogens is 3. The molecule has 0 atom stereocenters. The maximum absolute atomic E-state index is 11.8. The molecule has 0 bridgehead atoms. The van der Waals surface area contributed by atoms with Crippen molar-refractivity contribution in [2.45, 2.75) is 6.18 Å². The SMILES string of the molecule is CN(C)c1nc(NCCNC(=O)C=CC(F)(F)F)nn1C. The molecule has 0 unspecified atom stereocenters. The van der Waals surface area contributed by atoms with Crippen LogP contribution in [0, 0.1) is 0 Å². The van der Waals surface area contributed by atoms with Gasteiger partial charge in [-0.15, -0.1) is 5.10 Å². The highest BCUT2D eigenvalue weighted by Gasteiger charge is 2.22. The van der Waals surface area contributed by atoms with Gasteiger partial charge in [-0.1, -0.05) is 0 Å². The zero-order valence-corrected chi connectivity index (χ0v) is 11.9. The number of carbonyl (C=O) groups excluding carboxylic acids is 1. The van der Waals surface area contributed by atoms with E-state index in [4.69, 9.17) is 0 Å². The van der Waals surface area contributed by atoms with Gasteiger partial charge in [0.05, 0.1) is 0 Å². The Morgan fingerprint density at radius 1 is 1.38 bits per heavy atom. The Labute approximate surface area is 119 Å². The minimum absolute atomic E-state index is 0.112. The highest BCUT2D eigenvalue weighted by molar-refractivity contribution is 5.87. The molecular formula is C11H17F3N6O. The third-order valence-corrected chi connectivity index (χ3v) is 2.27. The van der Waals surface area contributed by atoms with E-state index in [0.29, 0.717) is 24.5 Å². The second-order valence-corrected chi connectivity index (χ2v) is 4.35. The summed E-state index contributed by atoms with van der Waals surface area (Å²) in [5.74, 6) is 0.216. The minimum Gasteiger partial charge on any atom is -0.351 e. The summed E-state index contributed by atoms with van der Waals surface area (Å²) in [6.07, 6.45) is -4.15. The third kappa shape index (κ3) is 6.15. The van der Waals surface area contributed by atoms with Gasteiger partial charge in [-0.25, -0.2) is 4.68 Å². The summed E-state index contributed by atoms with van der Waals surface area (Å²) in [4.78, 5) is 17.0. The van der Waals surface area contributed by atoms with Gasteiger partial charge in [-0.3, -0.25) is 4.79 Å². The summed E-state index contributed by atoms with van der Waals surface area (Å²) in [5, 5.41) is 9.26. The van der Waals surface area contributed by atoms with E-state index in [1.807, 2.05) is 14.1 Å². The summed E-state index contributed by atoms with van der Waals surface area (Å²) in [6, 6.07) is 0. The van der Waals surface area contributed by atoms with Crippen molar-refractivity contribution in [3.63, 3.8) is 0 Å². The van der Waals surface area contributed by atoms with E-state index in [9.17, 15) is 18.0 Å². The van der Waals surface area contributed by atoms with Crippen molar-refractivity contribution in [1.29, 1.82) is 0 Å². The average Bonchev–Trinajstić information content (AvgIpc) is 2.73. The molecule has 0 saturated carbocycles. The van der Waals surface area contributed by atoms with Crippen LogP contribution in [0.25, 0.3) is 0 Å². The van der Waals surface area contributed by atoms with Crippen LogP contribution in [0.3, 0.4) is 0 Å². The second kappa shape index (κ2) is 6.95. The molecule has 1 aromatic rings. The van der Waals surface area contributed by atoms with Crippen molar-refractivity contribution < 1.29 is 18.0 Å². The van der Waals surface area contributed by atoms with E-state index in [1.54, 1.807) is 16.6 Å². The van der Waals surface area contributed by atoms with Crippen molar-refractivity contribution >= 4 is 17.8 Å². The molecule has 0 spiro atoms. The van der Waals surface area contributed by atoms with Gasteiger partial charge in [0.2, 0.25) is 17.8 Å². The first-order valence-electron chi connectivity index (χ1n) is 6.05. The lowest BCUT2D eigenvalue weighted by molar-refractivity contribution is -0.117. The van der Waals surface area contributed by atoms with Gasteiger partial charge in [-0.05, 0) is 0 Å². The van der Waals surface area contributed by atoms with Crippen molar-refractivity contribution in [1.82, 2.24) is 20.1 Å². The topological polar surface area (TPSA) is 75.1 Å². The van der Waals surface area contributed by atoms with Crippen LogP contribution >= 0.6 is 0 Å². The lowest BCUT2D eigenvalue weighted by Gasteiger charge is -2.08. The second-order valence-electron chi connectivity index (χ2n) is 4.35. The van der Waals surface area contributed by atoms with E-state index >= 15 is 0 Å². The van der Waals surface area contributed by atoms with Gasteiger partial charge in [0.1, 0.15) is 0 Å². The first kappa shape index (κ1) is 16.8. The zero-order chi connectivity index (χ0) is 16.0. The molecule has 1 rings (SSSR count). The summed E-state index contributed by atoms with van der Waals surface area (Å²) >= 11 is 0. The molecule has 1 aromatic heterocycles. The lowest BCUT2D eigenvalue weighted by Crippen LogP contribution is -2.27.